The zero-order chi connectivity index (χ0) is 13.5. The van der Waals surface area contributed by atoms with Crippen molar-refractivity contribution in [2.45, 2.75) is 39.2 Å². The van der Waals surface area contributed by atoms with Gasteiger partial charge in [0.1, 0.15) is 0 Å². The molecule has 0 saturated heterocycles. The molecule has 0 rings (SSSR count). The normalized spacial score (nSPS) is 12.2. The van der Waals surface area contributed by atoms with E-state index in [1.165, 1.54) is 4.90 Å². The molecule has 3 N–H and O–H groups in total. The summed E-state index contributed by atoms with van der Waals surface area (Å²) < 4.78 is 24.5. The van der Waals surface area contributed by atoms with E-state index in [9.17, 15) is 13.6 Å². The van der Waals surface area contributed by atoms with Gasteiger partial charge in [0.15, 0.2) is 0 Å². The van der Waals surface area contributed by atoms with E-state index in [0.29, 0.717) is 6.54 Å². The summed E-state index contributed by atoms with van der Waals surface area (Å²) in [4.78, 5) is 13.0. The summed E-state index contributed by atoms with van der Waals surface area (Å²) in [6.07, 6.45) is -1.67. The van der Waals surface area contributed by atoms with Gasteiger partial charge in [0.2, 0.25) is 5.91 Å². The second-order valence-electron chi connectivity index (χ2n) is 4.70. The Morgan fingerprint density at radius 3 is 2.47 bits per heavy atom. The van der Waals surface area contributed by atoms with Crippen LogP contribution in [0.2, 0.25) is 0 Å². The van der Waals surface area contributed by atoms with Crippen LogP contribution in [0.25, 0.3) is 0 Å². The quantitative estimate of drug-likeness (QED) is 0.671. The summed E-state index contributed by atoms with van der Waals surface area (Å²) in [5.74, 6) is -0.244. The minimum atomic E-state index is -2.45. The second-order valence-corrected chi connectivity index (χ2v) is 4.70. The summed E-state index contributed by atoms with van der Waals surface area (Å²) in [5, 5.41) is 2.80. The Morgan fingerprint density at radius 1 is 1.47 bits per heavy atom. The fourth-order valence-electron chi connectivity index (χ4n) is 1.32. The molecule has 6 heteroatoms. The lowest BCUT2D eigenvalue weighted by molar-refractivity contribution is -0.124. The summed E-state index contributed by atoms with van der Waals surface area (Å²) >= 11 is 0. The van der Waals surface area contributed by atoms with Gasteiger partial charge in [0.05, 0.1) is 13.1 Å². The molecule has 4 nitrogen and oxygen atoms in total. The first-order chi connectivity index (χ1) is 7.80. The molecule has 0 aliphatic carbocycles. The van der Waals surface area contributed by atoms with E-state index in [4.69, 9.17) is 5.73 Å². The first kappa shape index (κ1) is 16.2. The number of nitrogens with two attached hydrogens (primary N) is 1. The molecule has 17 heavy (non-hydrogen) atoms. The molecule has 0 aliphatic heterocycles. The molecule has 0 spiro atoms. The average molecular weight is 251 g/mol. The third-order valence-electron chi connectivity index (χ3n) is 2.57. The Kier molecular flexibility index (Phi) is 7.22. The lowest BCUT2D eigenvalue weighted by Crippen LogP contribution is -2.48. The molecule has 0 unspecified atom stereocenters. The zero-order valence-corrected chi connectivity index (χ0v) is 10.8. The van der Waals surface area contributed by atoms with Crippen LogP contribution in [0.15, 0.2) is 0 Å². The highest BCUT2D eigenvalue weighted by Crippen LogP contribution is 2.06. The minimum absolute atomic E-state index is 0.0367. The maximum atomic E-state index is 12.2. The Bertz CT molecular complexity index is 235. The van der Waals surface area contributed by atoms with Crippen LogP contribution in [-0.2, 0) is 4.79 Å². The predicted octanol–water partition coefficient (Wildman–Crippen LogP) is 0.817. The van der Waals surface area contributed by atoms with E-state index in [1.807, 2.05) is 20.8 Å². The maximum Gasteiger partial charge on any atom is 0.251 e. The number of hydrogen-bond donors (Lipinski definition) is 2. The number of carbonyl (C=O) groups excluding carboxylic acids is 1. The van der Waals surface area contributed by atoms with E-state index in [2.05, 4.69) is 5.32 Å². The summed E-state index contributed by atoms with van der Waals surface area (Å²) in [6, 6.07) is 0. The standard InChI is InChI=1S/C11H23F2N3O/c1-4-11(2,3)15-10(17)8-16(6-5-14)7-9(12)13/h9H,4-8,14H2,1-3H3,(H,15,17). The van der Waals surface area contributed by atoms with Gasteiger partial charge in [-0.15, -0.1) is 0 Å². The largest absolute Gasteiger partial charge is 0.350 e. The van der Waals surface area contributed by atoms with E-state index in [0.717, 1.165) is 6.42 Å². The fraction of sp³-hybridized carbons (Fsp3) is 0.909. The van der Waals surface area contributed by atoms with Gasteiger partial charge in [-0.05, 0) is 20.3 Å². The summed E-state index contributed by atoms with van der Waals surface area (Å²) in [7, 11) is 0. The smallest absolute Gasteiger partial charge is 0.251 e. The summed E-state index contributed by atoms with van der Waals surface area (Å²) in [6.45, 7) is 5.84. The van der Waals surface area contributed by atoms with Crippen molar-refractivity contribution in [1.82, 2.24) is 10.2 Å². The lowest BCUT2D eigenvalue weighted by atomic mass is 10.0. The first-order valence-corrected chi connectivity index (χ1v) is 5.82. The molecule has 0 fully saturated rings. The van der Waals surface area contributed by atoms with Crippen molar-refractivity contribution in [2.24, 2.45) is 5.73 Å². The van der Waals surface area contributed by atoms with Crippen molar-refractivity contribution in [3.8, 4) is 0 Å². The molecule has 0 heterocycles. The van der Waals surface area contributed by atoms with Crippen LogP contribution in [0.1, 0.15) is 27.2 Å². The highest BCUT2D eigenvalue weighted by Gasteiger charge is 2.20. The third-order valence-corrected chi connectivity index (χ3v) is 2.57. The molecule has 0 bridgehead atoms. The fourth-order valence-corrected chi connectivity index (χ4v) is 1.32. The number of carbonyl (C=O) groups is 1. The van der Waals surface area contributed by atoms with Crippen molar-refractivity contribution in [2.75, 3.05) is 26.2 Å². The van der Waals surface area contributed by atoms with Crippen LogP contribution < -0.4 is 11.1 Å². The van der Waals surface area contributed by atoms with Crippen molar-refractivity contribution >= 4 is 5.91 Å². The van der Waals surface area contributed by atoms with Crippen LogP contribution in [-0.4, -0.2) is 49.0 Å². The van der Waals surface area contributed by atoms with Gasteiger partial charge in [-0.3, -0.25) is 9.69 Å². The van der Waals surface area contributed by atoms with Crippen LogP contribution in [0, 0.1) is 0 Å². The van der Waals surface area contributed by atoms with E-state index >= 15 is 0 Å². The number of hydrogen-bond acceptors (Lipinski definition) is 3. The van der Waals surface area contributed by atoms with Crippen molar-refractivity contribution < 1.29 is 13.6 Å². The molecule has 0 aromatic heterocycles. The van der Waals surface area contributed by atoms with Crippen molar-refractivity contribution in [1.29, 1.82) is 0 Å². The average Bonchev–Trinajstić information content (AvgIpc) is 2.16. The minimum Gasteiger partial charge on any atom is -0.350 e. The number of nitrogens with one attached hydrogen (secondary N) is 1. The SMILES string of the molecule is CCC(C)(C)NC(=O)CN(CCN)CC(F)F. The number of amides is 1. The van der Waals surface area contributed by atoms with Gasteiger partial charge in [-0.2, -0.15) is 0 Å². The molecule has 0 radical (unpaired) electrons. The molecule has 102 valence electrons. The van der Waals surface area contributed by atoms with Gasteiger partial charge < -0.3 is 11.1 Å². The second kappa shape index (κ2) is 7.55. The van der Waals surface area contributed by atoms with E-state index in [1.54, 1.807) is 0 Å². The van der Waals surface area contributed by atoms with Crippen molar-refractivity contribution in [3.05, 3.63) is 0 Å². The van der Waals surface area contributed by atoms with E-state index in [-0.39, 0.29) is 24.5 Å². The third kappa shape index (κ3) is 8.04. The van der Waals surface area contributed by atoms with Gasteiger partial charge in [0, 0.05) is 18.6 Å². The van der Waals surface area contributed by atoms with Crippen LogP contribution >= 0.6 is 0 Å². The number of nitrogens with zero attached hydrogens (tertiary/aromatic N) is 1. The van der Waals surface area contributed by atoms with Gasteiger partial charge >= 0.3 is 0 Å². The molecule has 0 atom stereocenters. The predicted molar refractivity (Wildman–Crippen MR) is 64.0 cm³/mol. The highest BCUT2D eigenvalue weighted by atomic mass is 19.3. The van der Waals surface area contributed by atoms with Crippen molar-refractivity contribution in [3.63, 3.8) is 0 Å². The molecule has 0 aliphatic rings. The number of halogens is 2. The Balaban J connectivity index is 4.20. The molecule has 0 saturated carbocycles. The Hall–Kier alpha value is -0.750. The summed E-state index contributed by atoms with van der Waals surface area (Å²) in [5.41, 5.74) is 5.01. The molecule has 0 aromatic rings. The van der Waals surface area contributed by atoms with E-state index < -0.39 is 13.0 Å². The highest BCUT2D eigenvalue weighted by molar-refractivity contribution is 5.78. The van der Waals surface area contributed by atoms with Crippen LogP contribution in [0.5, 0.6) is 0 Å². The monoisotopic (exact) mass is 251 g/mol. The lowest BCUT2D eigenvalue weighted by Gasteiger charge is -2.27. The molecular formula is C11H23F2N3O. The number of alkyl halides is 2. The van der Waals surface area contributed by atoms with Crippen LogP contribution in [0.4, 0.5) is 8.78 Å². The van der Waals surface area contributed by atoms with Crippen LogP contribution in [0.3, 0.4) is 0 Å². The zero-order valence-electron chi connectivity index (χ0n) is 10.8. The number of rotatable bonds is 8. The van der Waals surface area contributed by atoms with Gasteiger partial charge in [0.25, 0.3) is 6.43 Å². The van der Waals surface area contributed by atoms with Gasteiger partial charge in [-0.1, -0.05) is 6.92 Å². The first-order valence-electron chi connectivity index (χ1n) is 5.82. The van der Waals surface area contributed by atoms with Gasteiger partial charge in [-0.25, -0.2) is 8.78 Å². The molecular weight excluding hydrogens is 228 g/mol. The molecule has 0 aromatic carbocycles. The molecule has 1 amide bonds. The Morgan fingerprint density at radius 2 is 2.06 bits per heavy atom. The Labute approximate surface area is 102 Å². The maximum absolute atomic E-state index is 12.2. The topological polar surface area (TPSA) is 58.4 Å².